The molecule has 0 spiro atoms. The number of urea groups is 1. The molecule has 33 heavy (non-hydrogen) atoms. The number of nitrogens with one attached hydrogen (secondary N) is 1. The van der Waals surface area contributed by atoms with E-state index in [1.54, 1.807) is 36.5 Å². The highest BCUT2D eigenvalue weighted by molar-refractivity contribution is 7.09. The van der Waals surface area contributed by atoms with E-state index in [9.17, 15) is 9.59 Å². The van der Waals surface area contributed by atoms with Crippen molar-refractivity contribution in [2.24, 2.45) is 0 Å². The predicted molar refractivity (Wildman–Crippen MR) is 133 cm³/mol. The maximum Gasteiger partial charge on any atom is 0.318 e. The molecule has 7 nitrogen and oxygen atoms in total. The first kappa shape index (κ1) is 26.3. The van der Waals surface area contributed by atoms with Crippen LogP contribution in [0.3, 0.4) is 0 Å². The molecule has 0 aliphatic carbocycles. The second-order valence-corrected chi connectivity index (χ2v) is 8.62. The van der Waals surface area contributed by atoms with Crippen LogP contribution in [-0.4, -0.2) is 62.1 Å². The Balaban J connectivity index is 2.10. The van der Waals surface area contributed by atoms with Crippen molar-refractivity contribution >= 4 is 23.3 Å². The van der Waals surface area contributed by atoms with E-state index in [0.29, 0.717) is 44.1 Å². The Morgan fingerprint density at radius 2 is 1.94 bits per heavy atom. The summed E-state index contributed by atoms with van der Waals surface area (Å²) in [6.45, 7) is 7.73. The van der Waals surface area contributed by atoms with Crippen molar-refractivity contribution in [1.82, 2.24) is 15.1 Å². The van der Waals surface area contributed by atoms with Gasteiger partial charge in [0.05, 0.1) is 20.8 Å². The molecule has 0 saturated carbocycles. The monoisotopic (exact) mass is 473 g/mol. The minimum atomic E-state index is -0.243. The SMILES string of the molecule is C=CCN(CC(=O)N(CCc1ccc(OC)c(OC)c1)Cc1cccs1)C(=O)NCCCC. The fraction of sp³-hybridized carbons (Fsp3) is 0.440. The number of ether oxygens (including phenoxy) is 2. The average molecular weight is 474 g/mol. The third kappa shape index (κ3) is 8.46. The molecular formula is C25H35N3O4S. The number of nitrogens with zero attached hydrogens (tertiary/aromatic N) is 2. The van der Waals surface area contributed by atoms with E-state index < -0.39 is 0 Å². The van der Waals surface area contributed by atoms with Crippen LogP contribution in [0.2, 0.25) is 0 Å². The number of benzene rings is 1. The van der Waals surface area contributed by atoms with Crippen molar-refractivity contribution < 1.29 is 19.1 Å². The zero-order chi connectivity index (χ0) is 24.1. The number of hydrogen-bond acceptors (Lipinski definition) is 5. The van der Waals surface area contributed by atoms with Crippen molar-refractivity contribution in [3.8, 4) is 11.5 Å². The van der Waals surface area contributed by atoms with Crippen LogP contribution >= 0.6 is 11.3 Å². The van der Waals surface area contributed by atoms with Crippen LogP contribution in [0, 0.1) is 0 Å². The number of rotatable bonds is 14. The fourth-order valence-corrected chi connectivity index (χ4v) is 4.02. The molecule has 0 atom stereocenters. The molecule has 0 fully saturated rings. The van der Waals surface area contributed by atoms with E-state index >= 15 is 0 Å². The molecule has 2 aromatic rings. The first-order chi connectivity index (χ1) is 16.0. The van der Waals surface area contributed by atoms with Gasteiger partial charge in [-0.3, -0.25) is 4.79 Å². The number of methoxy groups -OCH3 is 2. The van der Waals surface area contributed by atoms with Gasteiger partial charge in [0.2, 0.25) is 5.91 Å². The summed E-state index contributed by atoms with van der Waals surface area (Å²) in [4.78, 5) is 30.2. The van der Waals surface area contributed by atoms with Gasteiger partial charge in [0.1, 0.15) is 6.54 Å². The first-order valence-electron chi connectivity index (χ1n) is 11.2. The molecule has 1 heterocycles. The van der Waals surface area contributed by atoms with Crippen LogP contribution in [0.5, 0.6) is 11.5 Å². The Kier molecular flexibility index (Phi) is 11.3. The molecule has 180 valence electrons. The molecule has 0 saturated heterocycles. The van der Waals surface area contributed by atoms with Crippen LogP contribution in [0.1, 0.15) is 30.2 Å². The topological polar surface area (TPSA) is 71.1 Å². The second-order valence-electron chi connectivity index (χ2n) is 7.59. The van der Waals surface area contributed by atoms with E-state index in [1.807, 2.05) is 35.7 Å². The summed E-state index contributed by atoms with van der Waals surface area (Å²) in [6.07, 6.45) is 4.18. The normalized spacial score (nSPS) is 10.4. The molecule has 0 radical (unpaired) electrons. The summed E-state index contributed by atoms with van der Waals surface area (Å²) < 4.78 is 10.7. The third-order valence-electron chi connectivity index (χ3n) is 5.17. The lowest BCUT2D eigenvalue weighted by Gasteiger charge is -2.27. The lowest BCUT2D eigenvalue weighted by molar-refractivity contribution is -0.132. The van der Waals surface area contributed by atoms with Crippen LogP contribution in [0.15, 0.2) is 48.4 Å². The number of amides is 3. The van der Waals surface area contributed by atoms with E-state index in [4.69, 9.17) is 9.47 Å². The minimum absolute atomic E-state index is 0.00128. The molecule has 0 aliphatic heterocycles. The quantitative estimate of drug-likeness (QED) is 0.327. The fourth-order valence-electron chi connectivity index (χ4n) is 3.31. The van der Waals surface area contributed by atoms with E-state index in [0.717, 1.165) is 23.3 Å². The molecular weight excluding hydrogens is 438 g/mol. The molecule has 2 rings (SSSR count). The first-order valence-corrected chi connectivity index (χ1v) is 12.0. The largest absolute Gasteiger partial charge is 0.493 e. The lowest BCUT2D eigenvalue weighted by Crippen LogP contribution is -2.47. The summed E-state index contributed by atoms with van der Waals surface area (Å²) in [7, 11) is 3.21. The third-order valence-corrected chi connectivity index (χ3v) is 6.03. The highest BCUT2D eigenvalue weighted by Gasteiger charge is 2.21. The highest BCUT2D eigenvalue weighted by Crippen LogP contribution is 2.27. The Morgan fingerprint density at radius 1 is 1.15 bits per heavy atom. The Bertz CT molecular complexity index is 886. The van der Waals surface area contributed by atoms with Crippen molar-refractivity contribution in [3.63, 3.8) is 0 Å². The van der Waals surface area contributed by atoms with Gasteiger partial charge in [-0.2, -0.15) is 0 Å². The van der Waals surface area contributed by atoms with Gasteiger partial charge in [0.15, 0.2) is 11.5 Å². The Hall–Kier alpha value is -3.00. The summed E-state index contributed by atoms with van der Waals surface area (Å²) in [6, 6.07) is 9.51. The zero-order valence-electron chi connectivity index (χ0n) is 19.8. The van der Waals surface area contributed by atoms with Gasteiger partial charge in [-0.05, 0) is 42.0 Å². The summed E-state index contributed by atoms with van der Waals surface area (Å²) in [5, 5.41) is 4.88. The van der Waals surface area contributed by atoms with Gasteiger partial charge >= 0.3 is 6.03 Å². The van der Waals surface area contributed by atoms with Crippen molar-refractivity contribution in [3.05, 3.63) is 58.8 Å². The van der Waals surface area contributed by atoms with Gasteiger partial charge in [-0.1, -0.05) is 31.6 Å². The van der Waals surface area contributed by atoms with Gasteiger partial charge in [-0.15, -0.1) is 17.9 Å². The number of carbonyl (C=O) groups excluding carboxylic acids is 2. The Labute approximate surface area is 201 Å². The molecule has 1 aromatic heterocycles. The van der Waals surface area contributed by atoms with Crippen molar-refractivity contribution in [2.45, 2.75) is 32.7 Å². The lowest BCUT2D eigenvalue weighted by atomic mass is 10.1. The van der Waals surface area contributed by atoms with E-state index in [1.165, 1.54) is 4.90 Å². The second kappa shape index (κ2) is 14.2. The van der Waals surface area contributed by atoms with Crippen molar-refractivity contribution in [1.29, 1.82) is 0 Å². The van der Waals surface area contributed by atoms with Crippen LogP contribution in [0.4, 0.5) is 4.79 Å². The van der Waals surface area contributed by atoms with E-state index in [-0.39, 0.29) is 18.5 Å². The smallest absolute Gasteiger partial charge is 0.318 e. The van der Waals surface area contributed by atoms with Crippen LogP contribution in [-0.2, 0) is 17.8 Å². The molecule has 0 unspecified atom stereocenters. The zero-order valence-corrected chi connectivity index (χ0v) is 20.7. The van der Waals surface area contributed by atoms with Crippen LogP contribution < -0.4 is 14.8 Å². The predicted octanol–water partition coefficient (Wildman–Crippen LogP) is 4.33. The highest BCUT2D eigenvalue weighted by atomic mass is 32.1. The summed E-state index contributed by atoms with van der Waals surface area (Å²) >= 11 is 1.61. The van der Waals surface area contributed by atoms with Gasteiger partial charge in [0.25, 0.3) is 0 Å². The Morgan fingerprint density at radius 3 is 2.58 bits per heavy atom. The number of hydrogen-bond donors (Lipinski definition) is 1. The van der Waals surface area contributed by atoms with Gasteiger partial charge in [-0.25, -0.2) is 4.79 Å². The summed E-state index contributed by atoms with van der Waals surface area (Å²) in [5.74, 6) is 1.23. The number of thiophene rings is 1. The molecule has 3 amide bonds. The maximum absolute atomic E-state index is 13.3. The maximum atomic E-state index is 13.3. The molecule has 0 bridgehead atoms. The van der Waals surface area contributed by atoms with Crippen molar-refractivity contribution in [2.75, 3.05) is 40.4 Å². The standard InChI is InChI=1S/C25H35N3O4S/c1-5-7-13-26-25(30)28(14-6-2)19-24(29)27(18-21-9-8-16-33-21)15-12-20-10-11-22(31-3)23(17-20)32-4/h6,8-11,16-17H,2,5,7,12-15,18-19H2,1,3-4H3,(H,26,30). The molecule has 0 aliphatic rings. The molecule has 8 heteroatoms. The van der Waals surface area contributed by atoms with Gasteiger partial charge in [0, 0.05) is 24.5 Å². The van der Waals surface area contributed by atoms with Gasteiger partial charge < -0.3 is 24.6 Å². The number of unbranched alkanes of at least 4 members (excludes halogenated alkanes) is 1. The molecule has 1 aromatic carbocycles. The molecule has 1 N–H and O–H groups in total. The van der Waals surface area contributed by atoms with Crippen LogP contribution in [0.25, 0.3) is 0 Å². The average Bonchev–Trinajstić information content (AvgIpc) is 3.34. The number of carbonyl (C=O) groups is 2. The summed E-state index contributed by atoms with van der Waals surface area (Å²) in [5.41, 5.74) is 1.04. The minimum Gasteiger partial charge on any atom is -0.493 e. The van der Waals surface area contributed by atoms with E-state index in [2.05, 4.69) is 18.8 Å².